The topological polar surface area (TPSA) is 54.9 Å². The Hall–Kier alpha value is -0.810. The summed E-state index contributed by atoms with van der Waals surface area (Å²) in [6.07, 6.45) is 6.76. The van der Waals surface area contributed by atoms with E-state index in [0.717, 1.165) is 32.1 Å². The van der Waals surface area contributed by atoms with Gasteiger partial charge >= 0.3 is 0 Å². The van der Waals surface area contributed by atoms with Crippen LogP contribution in [0.2, 0.25) is 0 Å². The van der Waals surface area contributed by atoms with Gasteiger partial charge in [-0.1, -0.05) is 33.6 Å². The van der Waals surface area contributed by atoms with Crippen molar-refractivity contribution in [1.82, 2.24) is 10.6 Å². The maximum Gasteiger partial charge on any atom is 0.191 e. The minimum absolute atomic E-state index is 0.0880. The molecule has 5 heteroatoms. The number of aliphatic imine (C=N–C) groups is 1. The van der Waals surface area contributed by atoms with Gasteiger partial charge in [-0.15, -0.1) is 0 Å². The molecule has 136 valence electrons. The van der Waals surface area contributed by atoms with E-state index in [2.05, 4.69) is 43.3 Å². The van der Waals surface area contributed by atoms with E-state index in [0.29, 0.717) is 12.6 Å². The number of hydrogen-bond acceptors (Lipinski definition) is 3. The highest BCUT2D eigenvalue weighted by atomic mass is 16.5. The first-order valence-corrected chi connectivity index (χ1v) is 9.14. The molecule has 0 heterocycles. The molecule has 0 aromatic heterocycles. The molecule has 0 radical (unpaired) electrons. The molecule has 1 atom stereocenters. The van der Waals surface area contributed by atoms with E-state index in [1.807, 2.05) is 0 Å². The van der Waals surface area contributed by atoms with E-state index in [-0.39, 0.29) is 11.5 Å². The van der Waals surface area contributed by atoms with Crippen LogP contribution in [-0.2, 0) is 9.47 Å². The highest BCUT2D eigenvalue weighted by molar-refractivity contribution is 5.79. The summed E-state index contributed by atoms with van der Waals surface area (Å²) in [5, 5.41) is 6.67. The van der Waals surface area contributed by atoms with Crippen molar-refractivity contribution in [2.45, 2.75) is 72.0 Å². The molecular formula is C18H37N3O2. The predicted octanol–water partition coefficient (Wildman–Crippen LogP) is 2.95. The molecule has 0 bridgehead atoms. The van der Waals surface area contributed by atoms with Crippen molar-refractivity contribution in [1.29, 1.82) is 0 Å². The lowest BCUT2D eigenvalue weighted by molar-refractivity contribution is 0.0241. The normalized spacial score (nSPS) is 18.2. The van der Waals surface area contributed by atoms with Crippen LogP contribution in [0.4, 0.5) is 0 Å². The smallest absolute Gasteiger partial charge is 0.191 e. The number of ether oxygens (including phenoxy) is 2. The third kappa shape index (κ3) is 8.56. The van der Waals surface area contributed by atoms with Gasteiger partial charge in [-0.05, 0) is 31.6 Å². The Labute approximate surface area is 142 Å². The summed E-state index contributed by atoms with van der Waals surface area (Å²) in [7, 11) is 1.76. The zero-order valence-corrected chi connectivity index (χ0v) is 15.8. The van der Waals surface area contributed by atoms with Crippen LogP contribution in [0.3, 0.4) is 0 Å². The molecule has 1 fully saturated rings. The van der Waals surface area contributed by atoms with Gasteiger partial charge in [0.1, 0.15) is 0 Å². The number of methoxy groups -OCH3 is 1. The highest BCUT2D eigenvalue weighted by Crippen LogP contribution is 2.22. The van der Waals surface area contributed by atoms with Crippen LogP contribution < -0.4 is 10.6 Å². The molecule has 0 aromatic carbocycles. The van der Waals surface area contributed by atoms with Crippen LogP contribution in [0.5, 0.6) is 0 Å². The molecular weight excluding hydrogens is 290 g/mol. The maximum atomic E-state index is 5.88. The number of rotatable bonds is 9. The van der Waals surface area contributed by atoms with E-state index in [1.54, 1.807) is 7.11 Å². The molecule has 1 rings (SSSR count). The molecule has 1 aliphatic carbocycles. The van der Waals surface area contributed by atoms with E-state index < -0.39 is 0 Å². The molecule has 0 spiro atoms. The third-order valence-electron chi connectivity index (χ3n) is 4.28. The first-order valence-electron chi connectivity index (χ1n) is 9.14. The summed E-state index contributed by atoms with van der Waals surface area (Å²) < 4.78 is 11.4. The van der Waals surface area contributed by atoms with Gasteiger partial charge in [-0.2, -0.15) is 0 Å². The van der Waals surface area contributed by atoms with Gasteiger partial charge in [0.25, 0.3) is 0 Å². The number of guanidine groups is 1. The van der Waals surface area contributed by atoms with Crippen molar-refractivity contribution >= 4 is 5.96 Å². The quantitative estimate of drug-likeness (QED) is 0.388. The average molecular weight is 328 g/mol. The monoisotopic (exact) mass is 327 g/mol. The maximum absolute atomic E-state index is 5.88. The van der Waals surface area contributed by atoms with Gasteiger partial charge in [0.2, 0.25) is 0 Å². The lowest BCUT2D eigenvalue weighted by Gasteiger charge is -2.28. The second-order valence-electron chi connectivity index (χ2n) is 7.37. The van der Waals surface area contributed by atoms with E-state index in [9.17, 15) is 0 Å². The number of nitrogens with one attached hydrogen (secondary N) is 2. The Morgan fingerprint density at radius 3 is 2.48 bits per heavy atom. The van der Waals surface area contributed by atoms with E-state index >= 15 is 0 Å². The fourth-order valence-electron chi connectivity index (χ4n) is 2.80. The molecule has 2 N–H and O–H groups in total. The number of nitrogens with zero attached hydrogens (tertiary/aromatic N) is 1. The first kappa shape index (κ1) is 20.2. The highest BCUT2D eigenvalue weighted by Gasteiger charge is 2.24. The third-order valence-corrected chi connectivity index (χ3v) is 4.28. The van der Waals surface area contributed by atoms with Crippen LogP contribution in [-0.4, -0.2) is 51.5 Å². The molecule has 1 unspecified atom stereocenters. The Balaban J connectivity index is 2.28. The minimum atomic E-state index is 0.0880. The Morgan fingerprint density at radius 1 is 1.22 bits per heavy atom. The summed E-state index contributed by atoms with van der Waals surface area (Å²) in [5.41, 5.74) is 0.0880. The minimum Gasteiger partial charge on any atom is -0.379 e. The van der Waals surface area contributed by atoms with Gasteiger partial charge in [0, 0.05) is 26.8 Å². The van der Waals surface area contributed by atoms with Crippen molar-refractivity contribution in [3.8, 4) is 0 Å². The second-order valence-corrected chi connectivity index (χ2v) is 7.37. The summed E-state index contributed by atoms with van der Waals surface area (Å²) in [5.74, 6) is 0.861. The number of hydrogen-bond donors (Lipinski definition) is 2. The van der Waals surface area contributed by atoms with Crippen LogP contribution in [0, 0.1) is 5.41 Å². The SMILES string of the molecule is CCNC(=NCC(OC)C(C)(C)C)NCCCOC1CCCC1. The molecule has 5 nitrogen and oxygen atoms in total. The lowest BCUT2D eigenvalue weighted by atomic mass is 9.89. The Bertz CT molecular complexity index is 334. The van der Waals surface area contributed by atoms with Crippen LogP contribution >= 0.6 is 0 Å². The molecule has 0 aromatic rings. The Kier molecular flexibility index (Phi) is 9.56. The average Bonchev–Trinajstić information content (AvgIpc) is 2.99. The zero-order valence-electron chi connectivity index (χ0n) is 15.8. The van der Waals surface area contributed by atoms with Gasteiger partial charge in [-0.25, -0.2) is 0 Å². The van der Waals surface area contributed by atoms with Gasteiger partial charge in [0.05, 0.1) is 18.8 Å². The van der Waals surface area contributed by atoms with Crippen LogP contribution in [0.1, 0.15) is 59.8 Å². The second kappa shape index (κ2) is 10.9. The van der Waals surface area contributed by atoms with Crippen LogP contribution in [0.15, 0.2) is 4.99 Å². The van der Waals surface area contributed by atoms with Crippen LogP contribution in [0.25, 0.3) is 0 Å². The molecule has 0 aliphatic heterocycles. The first-order chi connectivity index (χ1) is 11.0. The molecule has 23 heavy (non-hydrogen) atoms. The zero-order chi connectivity index (χ0) is 17.1. The summed E-state index contributed by atoms with van der Waals surface area (Å²) in [6, 6.07) is 0. The Morgan fingerprint density at radius 2 is 1.91 bits per heavy atom. The summed E-state index contributed by atoms with van der Waals surface area (Å²) >= 11 is 0. The van der Waals surface area contributed by atoms with Crippen molar-refractivity contribution in [2.75, 3.05) is 33.4 Å². The van der Waals surface area contributed by atoms with Crippen molar-refractivity contribution in [2.24, 2.45) is 10.4 Å². The molecule has 0 saturated heterocycles. The standard InChI is InChI=1S/C18H37N3O2/c1-6-19-17(21-14-16(22-5)18(2,3)4)20-12-9-13-23-15-10-7-8-11-15/h15-16H,6-14H2,1-5H3,(H2,19,20,21). The van der Waals surface area contributed by atoms with E-state index in [4.69, 9.17) is 9.47 Å². The van der Waals surface area contributed by atoms with Gasteiger partial charge in [0.15, 0.2) is 5.96 Å². The van der Waals surface area contributed by atoms with Crippen molar-refractivity contribution < 1.29 is 9.47 Å². The van der Waals surface area contributed by atoms with Gasteiger partial charge in [-0.3, -0.25) is 4.99 Å². The molecule has 1 saturated carbocycles. The van der Waals surface area contributed by atoms with Crippen molar-refractivity contribution in [3.63, 3.8) is 0 Å². The summed E-state index contributed by atoms with van der Waals surface area (Å²) in [6.45, 7) is 11.8. The van der Waals surface area contributed by atoms with E-state index in [1.165, 1.54) is 25.7 Å². The summed E-state index contributed by atoms with van der Waals surface area (Å²) in [4.78, 5) is 4.65. The fraction of sp³-hybridized carbons (Fsp3) is 0.944. The lowest BCUT2D eigenvalue weighted by Crippen LogP contribution is -2.40. The fourth-order valence-corrected chi connectivity index (χ4v) is 2.80. The largest absolute Gasteiger partial charge is 0.379 e. The predicted molar refractivity (Wildman–Crippen MR) is 97.1 cm³/mol. The van der Waals surface area contributed by atoms with Gasteiger partial charge < -0.3 is 20.1 Å². The molecule has 0 amide bonds. The van der Waals surface area contributed by atoms with Crippen molar-refractivity contribution in [3.05, 3.63) is 0 Å². The molecule has 1 aliphatic rings.